The van der Waals surface area contributed by atoms with E-state index in [-0.39, 0.29) is 5.91 Å². The molecule has 0 aliphatic heterocycles. The Labute approximate surface area is 163 Å². The molecule has 0 aliphatic rings. The fraction of sp³-hybridized carbons (Fsp3) is 0.619. The average Bonchev–Trinajstić information content (AvgIpc) is 2.69. The molecule has 1 rings (SSSR count). The molecule has 0 bridgehead atoms. The molecule has 0 aromatic heterocycles. The van der Waals surface area contributed by atoms with E-state index in [1.807, 2.05) is 0 Å². The first-order valence-corrected chi connectivity index (χ1v) is 9.78. The molecule has 152 valence electrons. The van der Waals surface area contributed by atoms with Crippen LogP contribution in [0.3, 0.4) is 0 Å². The van der Waals surface area contributed by atoms with Crippen molar-refractivity contribution in [3.8, 4) is 17.2 Å². The number of rotatable bonds is 14. The van der Waals surface area contributed by atoms with E-state index in [2.05, 4.69) is 17.5 Å². The van der Waals surface area contributed by atoms with Gasteiger partial charge in [0, 0.05) is 18.1 Å². The number of hydrogen-bond donors (Lipinski definition) is 1. The summed E-state index contributed by atoms with van der Waals surface area (Å²) in [5.41, 5.74) is 3.27. The number of nitrogens with zero attached hydrogens (tertiary/aromatic N) is 1. The van der Waals surface area contributed by atoms with Crippen molar-refractivity contribution in [3.63, 3.8) is 0 Å². The van der Waals surface area contributed by atoms with E-state index in [4.69, 9.17) is 14.2 Å². The van der Waals surface area contributed by atoms with Gasteiger partial charge >= 0.3 is 0 Å². The van der Waals surface area contributed by atoms with Gasteiger partial charge in [-0.1, -0.05) is 51.9 Å². The summed E-state index contributed by atoms with van der Waals surface area (Å²) in [4.78, 5) is 11.9. The van der Waals surface area contributed by atoms with E-state index < -0.39 is 0 Å². The second-order valence-electron chi connectivity index (χ2n) is 6.47. The normalized spacial score (nSPS) is 10.8. The van der Waals surface area contributed by atoms with Crippen molar-refractivity contribution in [2.24, 2.45) is 5.10 Å². The van der Waals surface area contributed by atoms with Crippen LogP contribution < -0.4 is 19.6 Å². The zero-order valence-corrected chi connectivity index (χ0v) is 17.2. The number of hydrogen-bond acceptors (Lipinski definition) is 5. The Hall–Kier alpha value is -2.24. The molecule has 0 unspecified atom stereocenters. The Bertz CT molecular complexity index is 588. The molecule has 0 atom stereocenters. The lowest BCUT2D eigenvalue weighted by Gasteiger charge is -2.11. The summed E-state index contributed by atoms with van der Waals surface area (Å²) in [7, 11) is 4.70. The van der Waals surface area contributed by atoms with Crippen LogP contribution in [0.4, 0.5) is 0 Å². The average molecular weight is 379 g/mol. The highest BCUT2D eigenvalue weighted by Gasteiger charge is 2.10. The summed E-state index contributed by atoms with van der Waals surface area (Å²) in [5, 5.41) is 4.03. The lowest BCUT2D eigenvalue weighted by atomic mass is 10.1. The van der Waals surface area contributed by atoms with Gasteiger partial charge in [0.05, 0.1) is 27.5 Å². The second-order valence-corrected chi connectivity index (χ2v) is 6.47. The molecule has 0 spiro atoms. The van der Waals surface area contributed by atoms with Gasteiger partial charge in [0.1, 0.15) is 5.75 Å². The maximum Gasteiger partial charge on any atom is 0.240 e. The summed E-state index contributed by atoms with van der Waals surface area (Å²) in [6, 6.07) is 3.48. The van der Waals surface area contributed by atoms with Crippen molar-refractivity contribution < 1.29 is 19.0 Å². The molecule has 0 saturated carbocycles. The highest BCUT2D eigenvalue weighted by atomic mass is 16.5. The molecule has 1 aromatic carbocycles. The van der Waals surface area contributed by atoms with E-state index >= 15 is 0 Å². The summed E-state index contributed by atoms with van der Waals surface area (Å²) in [6.07, 6.45) is 11.7. The number of amides is 1. The highest BCUT2D eigenvalue weighted by molar-refractivity contribution is 5.86. The van der Waals surface area contributed by atoms with Gasteiger partial charge in [0.25, 0.3) is 0 Å². The zero-order chi connectivity index (χ0) is 19.9. The van der Waals surface area contributed by atoms with Crippen LogP contribution in [0.25, 0.3) is 0 Å². The predicted octanol–water partition coefficient (Wildman–Crippen LogP) is 4.69. The monoisotopic (exact) mass is 378 g/mol. The number of carbonyl (C=O) groups is 1. The van der Waals surface area contributed by atoms with Gasteiger partial charge in [-0.2, -0.15) is 5.10 Å². The first-order chi connectivity index (χ1) is 13.2. The summed E-state index contributed by atoms with van der Waals surface area (Å²) in [6.45, 7) is 2.22. The lowest BCUT2D eigenvalue weighted by Crippen LogP contribution is -2.17. The van der Waals surface area contributed by atoms with Crippen LogP contribution in [0.15, 0.2) is 17.2 Å². The SMILES string of the molecule is CCCCCCCCCCC(=O)NN=Cc1cc(OC)c(OC)cc1OC. The number of benzene rings is 1. The third-order valence-electron chi connectivity index (χ3n) is 4.39. The number of unbranched alkanes of at least 4 members (excludes halogenated alkanes) is 7. The predicted molar refractivity (Wildman–Crippen MR) is 109 cm³/mol. The van der Waals surface area contributed by atoms with Crippen LogP contribution in [0, 0.1) is 0 Å². The molecule has 1 N–H and O–H groups in total. The van der Waals surface area contributed by atoms with Gasteiger partial charge in [0.2, 0.25) is 5.91 Å². The van der Waals surface area contributed by atoms with Crippen LogP contribution in [-0.4, -0.2) is 33.5 Å². The van der Waals surface area contributed by atoms with Crippen molar-refractivity contribution in [1.82, 2.24) is 5.43 Å². The van der Waals surface area contributed by atoms with E-state index in [0.29, 0.717) is 29.2 Å². The van der Waals surface area contributed by atoms with Crippen molar-refractivity contribution in [3.05, 3.63) is 17.7 Å². The zero-order valence-electron chi connectivity index (χ0n) is 17.2. The summed E-state index contributed by atoms with van der Waals surface area (Å²) < 4.78 is 15.9. The summed E-state index contributed by atoms with van der Waals surface area (Å²) in [5.74, 6) is 1.67. The fourth-order valence-electron chi connectivity index (χ4n) is 2.80. The molecule has 0 fully saturated rings. The molecule has 0 aliphatic carbocycles. The van der Waals surface area contributed by atoms with E-state index in [9.17, 15) is 4.79 Å². The van der Waals surface area contributed by atoms with Gasteiger partial charge in [0.15, 0.2) is 11.5 Å². The molecule has 0 heterocycles. The number of nitrogens with one attached hydrogen (secondary N) is 1. The van der Waals surface area contributed by atoms with E-state index in [1.165, 1.54) is 38.5 Å². The third kappa shape index (κ3) is 8.80. The van der Waals surface area contributed by atoms with Gasteiger partial charge < -0.3 is 14.2 Å². The molecule has 6 nitrogen and oxygen atoms in total. The van der Waals surface area contributed by atoms with Gasteiger partial charge in [-0.15, -0.1) is 0 Å². The molecule has 0 radical (unpaired) electrons. The van der Waals surface area contributed by atoms with Gasteiger partial charge in [-0.25, -0.2) is 5.43 Å². The number of ether oxygens (including phenoxy) is 3. The first kappa shape index (κ1) is 22.8. The van der Waals surface area contributed by atoms with Gasteiger partial charge in [-0.05, 0) is 12.5 Å². The van der Waals surface area contributed by atoms with Crippen molar-refractivity contribution in [2.45, 2.75) is 64.7 Å². The summed E-state index contributed by atoms with van der Waals surface area (Å²) >= 11 is 0. The third-order valence-corrected chi connectivity index (χ3v) is 4.39. The Morgan fingerprint density at radius 1 is 0.889 bits per heavy atom. The molecule has 1 amide bonds. The minimum Gasteiger partial charge on any atom is -0.496 e. The Kier molecular flexibility index (Phi) is 11.7. The Morgan fingerprint density at radius 3 is 2.04 bits per heavy atom. The van der Waals surface area contributed by atoms with Crippen molar-refractivity contribution in [1.29, 1.82) is 0 Å². The van der Waals surface area contributed by atoms with Crippen molar-refractivity contribution in [2.75, 3.05) is 21.3 Å². The second kappa shape index (κ2) is 13.9. The molecule has 0 saturated heterocycles. The Morgan fingerprint density at radius 2 is 1.44 bits per heavy atom. The Balaban J connectivity index is 2.37. The van der Waals surface area contributed by atoms with Gasteiger partial charge in [-0.3, -0.25) is 4.79 Å². The maximum absolute atomic E-state index is 11.9. The highest BCUT2D eigenvalue weighted by Crippen LogP contribution is 2.33. The number of methoxy groups -OCH3 is 3. The van der Waals surface area contributed by atoms with Crippen LogP contribution in [0.5, 0.6) is 17.2 Å². The maximum atomic E-state index is 11.9. The standard InChI is InChI=1S/C21H34N2O4/c1-5-6-7-8-9-10-11-12-13-21(24)23-22-16-17-14-19(26-3)20(27-4)15-18(17)25-2/h14-16H,5-13H2,1-4H3,(H,23,24). The molecule has 6 heteroatoms. The minimum absolute atomic E-state index is 0.0725. The largest absolute Gasteiger partial charge is 0.496 e. The fourth-order valence-corrected chi connectivity index (χ4v) is 2.80. The van der Waals surface area contributed by atoms with Crippen LogP contribution in [0.2, 0.25) is 0 Å². The van der Waals surface area contributed by atoms with E-state index in [0.717, 1.165) is 12.8 Å². The molecule has 27 heavy (non-hydrogen) atoms. The number of carbonyl (C=O) groups excluding carboxylic acids is 1. The lowest BCUT2D eigenvalue weighted by molar-refractivity contribution is -0.121. The number of hydrazone groups is 1. The quantitative estimate of drug-likeness (QED) is 0.290. The smallest absolute Gasteiger partial charge is 0.240 e. The van der Waals surface area contributed by atoms with Crippen LogP contribution in [-0.2, 0) is 4.79 Å². The molecular formula is C21H34N2O4. The minimum atomic E-state index is -0.0725. The van der Waals surface area contributed by atoms with Crippen LogP contribution in [0.1, 0.15) is 70.3 Å². The first-order valence-electron chi connectivity index (χ1n) is 9.78. The van der Waals surface area contributed by atoms with Crippen molar-refractivity contribution >= 4 is 12.1 Å². The van der Waals surface area contributed by atoms with Crippen LogP contribution >= 0.6 is 0 Å². The molecule has 1 aromatic rings. The van der Waals surface area contributed by atoms with E-state index in [1.54, 1.807) is 39.7 Å². The molecular weight excluding hydrogens is 344 g/mol. The topological polar surface area (TPSA) is 69.2 Å².